The summed E-state index contributed by atoms with van der Waals surface area (Å²) in [6.07, 6.45) is 2.22. The van der Waals surface area contributed by atoms with E-state index in [1.54, 1.807) is 23.5 Å². The molecule has 3 aromatic rings. The molecule has 130 valence electrons. The van der Waals surface area contributed by atoms with E-state index in [0.29, 0.717) is 12.3 Å². The van der Waals surface area contributed by atoms with Gasteiger partial charge in [0, 0.05) is 23.9 Å². The van der Waals surface area contributed by atoms with E-state index in [2.05, 4.69) is 25.8 Å². The van der Waals surface area contributed by atoms with E-state index >= 15 is 0 Å². The Morgan fingerprint density at radius 3 is 2.96 bits per heavy atom. The third-order valence-corrected chi connectivity index (χ3v) is 4.67. The second-order valence-corrected chi connectivity index (χ2v) is 6.68. The van der Waals surface area contributed by atoms with Gasteiger partial charge in [0.15, 0.2) is 6.61 Å². The van der Waals surface area contributed by atoms with Gasteiger partial charge in [-0.2, -0.15) is 0 Å². The van der Waals surface area contributed by atoms with Gasteiger partial charge in [0.1, 0.15) is 12.1 Å². The van der Waals surface area contributed by atoms with Crippen LogP contribution in [0.25, 0.3) is 5.69 Å². The number of rotatable bonds is 7. The summed E-state index contributed by atoms with van der Waals surface area (Å²) in [5.41, 5.74) is 1.81. The van der Waals surface area contributed by atoms with Crippen LogP contribution in [0.4, 0.5) is 0 Å². The van der Waals surface area contributed by atoms with E-state index in [-0.39, 0.29) is 12.5 Å². The molecule has 1 aromatic carbocycles. The maximum Gasteiger partial charge on any atom is 0.257 e. The lowest BCUT2D eigenvalue weighted by Gasteiger charge is -2.08. The van der Waals surface area contributed by atoms with Crippen molar-refractivity contribution in [2.75, 3.05) is 13.2 Å². The molecule has 0 aliphatic rings. The van der Waals surface area contributed by atoms with Gasteiger partial charge in [-0.3, -0.25) is 4.79 Å². The molecule has 1 N–H and O–H groups in total. The fraction of sp³-hybridized carbons (Fsp3) is 0.312. The zero-order valence-corrected chi connectivity index (χ0v) is 14.8. The number of aryl methyl sites for hydroxylation is 2. The molecule has 0 radical (unpaired) electrons. The molecule has 9 heteroatoms. The smallest absolute Gasteiger partial charge is 0.257 e. The fourth-order valence-electron chi connectivity index (χ4n) is 2.15. The van der Waals surface area contributed by atoms with Crippen LogP contribution in [0.5, 0.6) is 5.75 Å². The van der Waals surface area contributed by atoms with E-state index in [0.717, 1.165) is 22.8 Å². The summed E-state index contributed by atoms with van der Waals surface area (Å²) in [7, 11) is 0. The number of benzene rings is 1. The van der Waals surface area contributed by atoms with Crippen LogP contribution >= 0.6 is 11.3 Å². The highest BCUT2D eigenvalue weighted by Crippen LogP contribution is 2.17. The number of nitrogens with zero attached hydrogens (tertiary/aromatic N) is 5. The van der Waals surface area contributed by atoms with Crippen molar-refractivity contribution in [1.82, 2.24) is 30.5 Å². The zero-order valence-electron chi connectivity index (χ0n) is 14.0. The first-order valence-corrected chi connectivity index (χ1v) is 8.59. The maximum atomic E-state index is 11.9. The zero-order chi connectivity index (χ0) is 17.6. The number of tetrazole rings is 1. The van der Waals surface area contributed by atoms with Crippen LogP contribution in [0.15, 0.2) is 30.6 Å². The number of aromatic nitrogens is 5. The van der Waals surface area contributed by atoms with Crippen LogP contribution < -0.4 is 10.1 Å². The van der Waals surface area contributed by atoms with Gasteiger partial charge in [-0.1, -0.05) is 6.07 Å². The minimum Gasteiger partial charge on any atom is -0.484 e. The van der Waals surface area contributed by atoms with Crippen LogP contribution in [0.3, 0.4) is 0 Å². The number of carbonyl (C=O) groups is 1. The van der Waals surface area contributed by atoms with Crippen molar-refractivity contribution in [3.05, 3.63) is 46.2 Å². The molecule has 0 unspecified atom stereocenters. The Bertz CT molecular complexity index is 827. The lowest BCUT2D eigenvalue weighted by atomic mass is 10.3. The van der Waals surface area contributed by atoms with Crippen LogP contribution in [-0.2, 0) is 11.2 Å². The largest absolute Gasteiger partial charge is 0.484 e. The molecule has 2 aromatic heterocycles. The number of amides is 1. The molecule has 0 fully saturated rings. The summed E-state index contributed by atoms with van der Waals surface area (Å²) in [4.78, 5) is 17.6. The molecule has 1 amide bonds. The molecule has 0 aliphatic carbocycles. The summed E-state index contributed by atoms with van der Waals surface area (Å²) in [5, 5.41) is 14.9. The van der Waals surface area contributed by atoms with Crippen LogP contribution in [0, 0.1) is 13.8 Å². The third-order valence-electron chi connectivity index (χ3n) is 3.53. The van der Waals surface area contributed by atoms with Gasteiger partial charge in [-0.15, -0.1) is 16.4 Å². The molecule has 8 nitrogen and oxygen atoms in total. The van der Waals surface area contributed by atoms with Crippen molar-refractivity contribution in [2.24, 2.45) is 0 Å². The molecular weight excluding hydrogens is 340 g/mol. The van der Waals surface area contributed by atoms with Crippen molar-refractivity contribution in [3.8, 4) is 11.4 Å². The van der Waals surface area contributed by atoms with E-state index in [1.807, 2.05) is 26.0 Å². The number of hydrogen-bond acceptors (Lipinski definition) is 7. The molecule has 0 bridgehead atoms. The molecule has 0 spiro atoms. The Hall–Kier alpha value is -2.81. The summed E-state index contributed by atoms with van der Waals surface area (Å²) in [5.74, 6) is 0.409. The average molecular weight is 358 g/mol. The third kappa shape index (κ3) is 4.60. The highest BCUT2D eigenvalue weighted by atomic mass is 32.1. The van der Waals surface area contributed by atoms with Crippen molar-refractivity contribution < 1.29 is 9.53 Å². The molecule has 3 rings (SSSR count). The Morgan fingerprint density at radius 1 is 1.36 bits per heavy atom. The van der Waals surface area contributed by atoms with Crippen molar-refractivity contribution in [3.63, 3.8) is 0 Å². The molecular formula is C16H18N6O2S. The highest BCUT2D eigenvalue weighted by Gasteiger charge is 2.07. The van der Waals surface area contributed by atoms with E-state index in [4.69, 9.17) is 4.74 Å². The number of carbonyl (C=O) groups excluding carboxylic acids is 1. The van der Waals surface area contributed by atoms with Crippen LogP contribution in [0.2, 0.25) is 0 Å². The maximum absolute atomic E-state index is 11.9. The number of ether oxygens (including phenoxy) is 1. The first-order chi connectivity index (χ1) is 12.1. The topological polar surface area (TPSA) is 94.8 Å². The van der Waals surface area contributed by atoms with Gasteiger partial charge in [-0.25, -0.2) is 9.67 Å². The lowest BCUT2D eigenvalue weighted by molar-refractivity contribution is -0.123. The van der Waals surface area contributed by atoms with Crippen molar-refractivity contribution >= 4 is 17.2 Å². The van der Waals surface area contributed by atoms with Gasteiger partial charge >= 0.3 is 0 Å². The molecule has 2 heterocycles. The van der Waals surface area contributed by atoms with E-state index in [9.17, 15) is 4.79 Å². The quantitative estimate of drug-likeness (QED) is 0.687. The normalized spacial score (nSPS) is 10.6. The number of hydrogen-bond donors (Lipinski definition) is 1. The predicted molar refractivity (Wildman–Crippen MR) is 93.0 cm³/mol. The molecule has 0 atom stereocenters. The van der Waals surface area contributed by atoms with Gasteiger partial charge in [0.2, 0.25) is 0 Å². The predicted octanol–water partition coefficient (Wildman–Crippen LogP) is 1.47. The standard InChI is InChI=1S/C16H18N6O2S/c1-11-12(2)25-16(19-11)6-7-17-15(23)9-24-14-5-3-4-13(8-14)22-10-18-20-21-22/h3-5,8,10H,6-7,9H2,1-2H3,(H,17,23). The van der Waals surface area contributed by atoms with Gasteiger partial charge in [0.25, 0.3) is 5.91 Å². The van der Waals surface area contributed by atoms with Gasteiger partial charge < -0.3 is 10.1 Å². The summed E-state index contributed by atoms with van der Waals surface area (Å²) in [6.45, 7) is 4.53. The first kappa shape index (κ1) is 17.0. The Labute approximate surface area is 148 Å². The second-order valence-electron chi connectivity index (χ2n) is 5.39. The van der Waals surface area contributed by atoms with Crippen LogP contribution in [0.1, 0.15) is 15.6 Å². The number of thiazole rings is 1. The lowest BCUT2D eigenvalue weighted by Crippen LogP contribution is -2.30. The first-order valence-electron chi connectivity index (χ1n) is 7.77. The molecule has 0 aliphatic heterocycles. The Morgan fingerprint density at radius 2 is 2.24 bits per heavy atom. The summed E-state index contributed by atoms with van der Waals surface area (Å²) < 4.78 is 7.04. The SMILES string of the molecule is Cc1nc(CCNC(=O)COc2cccc(-n3cnnn3)c2)sc1C. The van der Waals surface area contributed by atoms with Crippen LogP contribution in [-0.4, -0.2) is 44.3 Å². The minimum atomic E-state index is -0.169. The molecule has 0 saturated heterocycles. The fourth-order valence-corrected chi connectivity index (χ4v) is 3.08. The van der Waals surface area contributed by atoms with Crippen molar-refractivity contribution in [2.45, 2.75) is 20.3 Å². The number of nitrogens with one attached hydrogen (secondary N) is 1. The second kappa shape index (κ2) is 7.84. The van der Waals surface area contributed by atoms with Crippen molar-refractivity contribution in [1.29, 1.82) is 0 Å². The van der Waals surface area contributed by atoms with E-state index < -0.39 is 0 Å². The molecule has 25 heavy (non-hydrogen) atoms. The monoisotopic (exact) mass is 358 g/mol. The Kier molecular flexibility index (Phi) is 5.34. The summed E-state index contributed by atoms with van der Waals surface area (Å²) in [6, 6.07) is 7.21. The molecule has 0 saturated carbocycles. The minimum absolute atomic E-state index is 0.0466. The highest BCUT2D eigenvalue weighted by molar-refractivity contribution is 7.11. The average Bonchev–Trinajstić information content (AvgIpc) is 3.24. The van der Waals surface area contributed by atoms with E-state index in [1.165, 1.54) is 15.9 Å². The summed E-state index contributed by atoms with van der Waals surface area (Å²) >= 11 is 1.66. The Balaban J connectivity index is 1.45. The van der Waals surface area contributed by atoms with Gasteiger partial charge in [0.05, 0.1) is 16.4 Å². The van der Waals surface area contributed by atoms with Gasteiger partial charge in [-0.05, 0) is 36.4 Å².